The number of amides is 1. The highest BCUT2D eigenvalue weighted by Crippen LogP contribution is 2.25. The summed E-state index contributed by atoms with van der Waals surface area (Å²) in [6.45, 7) is 3.71. The molecule has 1 saturated heterocycles. The lowest BCUT2D eigenvalue weighted by atomic mass is 10.1. The number of thiazole rings is 1. The summed E-state index contributed by atoms with van der Waals surface area (Å²) in [5.74, 6) is 0.227. The van der Waals surface area contributed by atoms with Crippen LogP contribution in [0.4, 0.5) is 0 Å². The van der Waals surface area contributed by atoms with Gasteiger partial charge in [0.15, 0.2) is 0 Å². The number of carbonyl (C=O) groups is 1. The van der Waals surface area contributed by atoms with Gasteiger partial charge in [0.1, 0.15) is 5.01 Å². The maximum Gasteiger partial charge on any atom is 0.224 e. The quantitative estimate of drug-likeness (QED) is 0.901. The summed E-state index contributed by atoms with van der Waals surface area (Å²) >= 11 is 1.60. The van der Waals surface area contributed by atoms with Crippen LogP contribution in [0.2, 0.25) is 0 Å². The standard InChI is InChI=1S/C16H19N3OS.ClH/c1-11(18-15(20)13-7-8-17-9-13)16-19-14(10-21-16)12-5-3-2-4-6-12;/h2-6,10-11,13,17H,7-9H2,1H3,(H,18,20);1H. The first kappa shape index (κ1) is 16.9. The molecule has 1 aliphatic rings. The van der Waals surface area contributed by atoms with Crippen molar-refractivity contribution in [3.63, 3.8) is 0 Å². The average molecular weight is 338 g/mol. The van der Waals surface area contributed by atoms with Gasteiger partial charge in [0.25, 0.3) is 0 Å². The van der Waals surface area contributed by atoms with Crippen LogP contribution in [0.5, 0.6) is 0 Å². The molecule has 0 spiro atoms. The van der Waals surface area contributed by atoms with Crippen molar-refractivity contribution in [2.75, 3.05) is 13.1 Å². The maximum absolute atomic E-state index is 12.1. The number of nitrogens with one attached hydrogen (secondary N) is 2. The first-order chi connectivity index (χ1) is 10.2. The van der Waals surface area contributed by atoms with E-state index in [0.717, 1.165) is 35.8 Å². The van der Waals surface area contributed by atoms with E-state index in [1.807, 2.05) is 42.6 Å². The topological polar surface area (TPSA) is 54.0 Å². The molecule has 0 bridgehead atoms. The number of nitrogens with zero attached hydrogens (tertiary/aromatic N) is 1. The first-order valence-corrected chi connectivity index (χ1v) is 8.14. The first-order valence-electron chi connectivity index (χ1n) is 7.26. The summed E-state index contributed by atoms with van der Waals surface area (Å²) in [6, 6.07) is 10.1. The second-order valence-electron chi connectivity index (χ2n) is 5.36. The van der Waals surface area contributed by atoms with Crippen LogP contribution >= 0.6 is 23.7 Å². The van der Waals surface area contributed by atoms with Crippen molar-refractivity contribution in [2.45, 2.75) is 19.4 Å². The minimum absolute atomic E-state index is 0. The second-order valence-corrected chi connectivity index (χ2v) is 6.25. The number of rotatable bonds is 4. The van der Waals surface area contributed by atoms with E-state index in [2.05, 4.69) is 15.6 Å². The third kappa shape index (κ3) is 3.85. The maximum atomic E-state index is 12.1. The Labute approximate surface area is 140 Å². The molecule has 6 heteroatoms. The number of aromatic nitrogens is 1. The van der Waals surface area contributed by atoms with Gasteiger partial charge in [-0.1, -0.05) is 30.3 Å². The molecule has 3 rings (SSSR count). The van der Waals surface area contributed by atoms with Crippen molar-refractivity contribution in [2.24, 2.45) is 5.92 Å². The highest BCUT2D eigenvalue weighted by molar-refractivity contribution is 7.10. The Morgan fingerprint density at radius 3 is 2.86 bits per heavy atom. The van der Waals surface area contributed by atoms with Crippen molar-refractivity contribution in [1.82, 2.24) is 15.6 Å². The third-order valence-electron chi connectivity index (χ3n) is 3.75. The summed E-state index contributed by atoms with van der Waals surface area (Å²) in [6.07, 6.45) is 0.922. The van der Waals surface area contributed by atoms with Crippen molar-refractivity contribution in [3.05, 3.63) is 40.7 Å². The van der Waals surface area contributed by atoms with Gasteiger partial charge >= 0.3 is 0 Å². The van der Waals surface area contributed by atoms with E-state index in [1.165, 1.54) is 0 Å². The highest BCUT2D eigenvalue weighted by Gasteiger charge is 2.24. The van der Waals surface area contributed by atoms with Gasteiger partial charge in [-0.25, -0.2) is 4.98 Å². The molecule has 1 aromatic carbocycles. The number of benzene rings is 1. The van der Waals surface area contributed by atoms with Crippen molar-refractivity contribution >= 4 is 29.7 Å². The van der Waals surface area contributed by atoms with E-state index in [4.69, 9.17) is 0 Å². The molecular weight excluding hydrogens is 318 g/mol. The van der Waals surface area contributed by atoms with Crippen LogP contribution in [0.25, 0.3) is 11.3 Å². The van der Waals surface area contributed by atoms with E-state index >= 15 is 0 Å². The SMILES string of the molecule is CC(NC(=O)C1CCNC1)c1nc(-c2ccccc2)cs1.Cl. The number of hydrogen-bond acceptors (Lipinski definition) is 4. The van der Waals surface area contributed by atoms with E-state index in [9.17, 15) is 4.79 Å². The lowest BCUT2D eigenvalue weighted by molar-refractivity contribution is -0.125. The van der Waals surface area contributed by atoms with Crippen LogP contribution in [0.1, 0.15) is 24.4 Å². The molecule has 118 valence electrons. The molecule has 2 unspecified atom stereocenters. The van der Waals surface area contributed by atoms with Crippen molar-refractivity contribution in [1.29, 1.82) is 0 Å². The highest BCUT2D eigenvalue weighted by atomic mass is 35.5. The number of halogens is 1. The Kier molecular flexibility index (Phi) is 5.94. The molecule has 2 aromatic rings. The predicted octanol–water partition coefficient (Wildman–Crippen LogP) is 3.02. The summed E-state index contributed by atoms with van der Waals surface area (Å²) in [5.41, 5.74) is 2.08. The fourth-order valence-electron chi connectivity index (χ4n) is 2.50. The van der Waals surface area contributed by atoms with Crippen molar-refractivity contribution in [3.8, 4) is 11.3 Å². The monoisotopic (exact) mass is 337 g/mol. The van der Waals surface area contributed by atoms with E-state index in [1.54, 1.807) is 11.3 Å². The van der Waals surface area contributed by atoms with Gasteiger partial charge in [-0.3, -0.25) is 4.79 Å². The van der Waals surface area contributed by atoms with E-state index in [0.29, 0.717) is 0 Å². The molecule has 1 amide bonds. The minimum Gasteiger partial charge on any atom is -0.347 e. The summed E-state index contributed by atoms with van der Waals surface area (Å²) in [7, 11) is 0. The van der Waals surface area contributed by atoms with Crippen molar-refractivity contribution < 1.29 is 4.79 Å². The molecule has 1 fully saturated rings. The lowest BCUT2D eigenvalue weighted by Gasteiger charge is -2.14. The Bertz CT molecular complexity index is 611. The molecule has 22 heavy (non-hydrogen) atoms. The van der Waals surface area contributed by atoms with Gasteiger partial charge in [0.05, 0.1) is 17.7 Å². The fourth-order valence-corrected chi connectivity index (χ4v) is 3.33. The van der Waals surface area contributed by atoms with E-state index < -0.39 is 0 Å². The molecule has 2 N–H and O–H groups in total. The smallest absolute Gasteiger partial charge is 0.224 e. The Balaban J connectivity index is 0.00000176. The molecule has 1 aliphatic heterocycles. The van der Waals surface area contributed by atoms with Gasteiger partial charge in [-0.15, -0.1) is 23.7 Å². The molecule has 0 radical (unpaired) electrons. The molecule has 0 saturated carbocycles. The Morgan fingerprint density at radius 1 is 1.41 bits per heavy atom. The van der Waals surface area contributed by atoms with E-state index in [-0.39, 0.29) is 30.3 Å². The van der Waals surface area contributed by atoms with Gasteiger partial charge in [0.2, 0.25) is 5.91 Å². The van der Waals surface area contributed by atoms with Crippen LogP contribution in [-0.4, -0.2) is 24.0 Å². The molecule has 2 atom stereocenters. The lowest BCUT2D eigenvalue weighted by Crippen LogP contribution is -2.33. The van der Waals surface area contributed by atoms with Gasteiger partial charge in [-0.2, -0.15) is 0 Å². The minimum atomic E-state index is -0.0411. The van der Waals surface area contributed by atoms with Crippen LogP contribution in [0.3, 0.4) is 0 Å². The zero-order valence-corrected chi connectivity index (χ0v) is 14.0. The summed E-state index contributed by atoms with van der Waals surface area (Å²) in [4.78, 5) is 16.8. The summed E-state index contributed by atoms with van der Waals surface area (Å²) < 4.78 is 0. The summed E-state index contributed by atoms with van der Waals surface area (Å²) in [5, 5.41) is 9.29. The molecule has 1 aromatic heterocycles. The normalized spacial score (nSPS) is 18.5. The predicted molar refractivity (Wildman–Crippen MR) is 92.3 cm³/mol. The molecular formula is C16H20ClN3OS. The Morgan fingerprint density at radius 2 is 2.18 bits per heavy atom. The van der Waals surface area contributed by atoms with Crippen LogP contribution in [0, 0.1) is 5.92 Å². The second kappa shape index (κ2) is 7.72. The van der Waals surface area contributed by atoms with Crippen LogP contribution < -0.4 is 10.6 Å². The number of carbonyl (C=O) groups excluding carboxylic acids is 1. The zero-order valence-electron chi connectivity index (χ0n) is 12.4. The fraction of sp³-hybridized carbons (Fsp3) is 0.375. The van der Waals surface area contributed by atoms with Crippen LogP contribution in [0.15, 0.2) is 35.7 Å². The molecule has 0 aliphatic carbocycles. The average Bonchev–Trinajstić information content (AvgIpc) is 3.20. The third-order valence-corrected chi connectivity index (χ3v) is 4.78. The van der Waals surface area contributed by atoms with Crippen LogP contribution in [-0.2, 0) is 4.79 Å². The van der Waals surface area contributed by atoms with Gasteiger partial charge in [0, 0.05) is 17.5 Å². The zero-order chi connectivity index (χ0) is 14.7. The van der Waals surface area contributed by atoms with Gasteiger partial charge < -0.3 is 10.6 Å². The molecule has 2 heterocycles. The van der Waals surface area contributed by atoms with Gasteiger partial charge in [-0.05, 0) is 19.9 Å². The molecule has 4 nitrogen and oxygen atoms in total. The largest absolute Gasteiger partial charge is 0.347 e. The Hall–Kier alpha value is -1.43. The number of hydrogen-bond donors (Lipinski definition) is 2.